The Hall–Kier alpha value is -3.76. The van der Waals surface area contributed by atoms with E-state index in [1.807, 2.05) is 36.4 Å². The Morgan fingerprint density at radius 3 is 2.69 bits per heavy atom. The number of nitrogens with two attached hydrogens (primary N) is 1. The summed E-state index contributed by atoms with van der Waals surface area (Å²) in [5.74, 6) is -0.368. The third kappa shape index (κ3) is 5.50. The maximum atomic E-state index is 11.4. The summed E-state index contributed by atoms with van der Waals surface area (Å²) in [5.41, 5.74) is 10.3. The van der Waals surface area contributed by atoms with Crippen LogP contribution in [0.25, 0.3) is 21.9 Å². The molecule has 4 rings (SSSR count). The molecule has 0 atom stereocenters. The van der Waals surface area contributed by atoms with Gasteiger partial charge in [-0.15, -0.1) is 0 Å². The second kappa shape index (κ2) is 10.7. The molecule has 0 aliphatic carbocycles. The Bertz CT molecular complexity index is 1380. The zero-order chi connectivity index (χ0) is 24.9. The highest BCUT2D eigenvalue weighted by atomic mass is 16.3. The number of carbonyl (C=O) groups excluding carboxylic acids is 1. The molecule has 2 heterocycles. The molecule has 182 valence electrons. The highest BCUT2D eigenvalue weighted by molar-refractivity contribution is 5.95. The molecule has 2 aromatic carbocycles. The van der Waals surface area contributed by atoms with Gasteiger partial charge in [0.2, 0.25) is 0 Å². The normalized spacial score (nSPS) is 11.4. The van der Waals surface area contributed by atoms with Crippen LogP contribution in [0.5, 0.6) is 0 Å². The van der Waals surface area contributed by atoms with Crippen LogP contribution in [0.4, 0.5) is 5.69 Å². The second-order valence-corrected chi connectivity index (χ2v) is 9.12. The van der Waals surface area contributed by atoms with Crippen LogP contribution in [0, 0.1) is 11.3 Å². The molecule has 35 heavy (non-hydrogen) atoms. The number of nitrogens with zero attached hydrogens (tertiary/aromatic N) is 4. The van der Waals surface area contributed by atoms with E-state index in [4.69, 9.17) is 10.2 Å². The molecule has 0 unspecified atom stereocenters. The SMILES string of the molecule is CCN(CCCCc1cn(C)c2ccc(C#N)cc12)CCN(C)c1ccc2oc(C(N)=O)cc2c1. The lowest BCUT2D eigenvalue weighted by atomic mass is 10.1. The van der Waals surface area contributed by atoms with Crippen LogP contribution in [-0.4, -0.2) is 48.6 Å². The molecule has 7 heteroatoms. The van der Waals surface area contributed by atoms with Crippen LogP contribution in [0.2, 0.25) is 0 Å². The molecule has 0 radical (unpaired) electrons. The van der Waals surface area contributed by atoms with E-state index in [0.717, 1.165) is 56.5 Å². The number of carbonyl (C=O) groups is 1. The largest absolute Gasteiger partial charge is 0.451 e. The minimum absolute atomic E-state index is 0.186. The first-order valence-electron chi connectivity index (χ1n) is 12.1. The Kier molecular flexibility index (Phi) is 7.42. The summed E-state index contributed by atoms with van der Waals surface area (Å²) in [6.45, 7) is 6.15. The fraction of sp³-hybridized carbons (Fsp3) is 0.357. The molecule has 0 spiro atoms. The molecular formula is C28H33N5O2. The quantitative estimate of drug-likeness (QED) is 0.321. The van der Waals surface area contributed by atoms with E-state index >= 15 is 0 Å². The van der Waals surface area contributed by atoms with Crippen molar-refractivity contribution in [2.45, 2.75) is 26.2 Å². The number of amides is 1. The van der Waals surface area contributed by atoms with Crippen molar-refractivity contribution in [3.8, 4) is 6.07 Å². The number of benzene rings is 2. The molecule has 0 aliphatic heterocycles. The van der Waals surface area contributed by atoms with Gasteiger partial charge < -0.3 is 24.5 Å². The van der Waals surface area contributed by atoms with Crippen LogP contribution >= 0.6 is 0 Å². The molecule has 0 bridgehead atoms. The van der Waals surface area contributed by atoms with Crippen molar-refractivity contribution in [1.29, 1.82) is 5.26 Å². The molecule has 4 aromatic rings. The van der Waals surface area contributed by atoms with E-state index in [1.54, 1.807) is 6.07 Å². The number of aryl methyl sites for hydroxylation is 2. The van der Waals surface area contributed by atoms with Gasteiger partial charge in [0.1, 0.15) is 5.58 Å². The number of aromatic nitrogens is 1. The summed E-state index contributed by atoms with van der Waals surface area (Å²) in [4.78, 5) is 16.1. The molecular weight excluding hydrogens is 438 g/mol. The van der Waals surface area contributed by atoms with E-state index in [1.165, 1.54) is 16.5 Å². The zero-order valence-electron chi connectivity index (χ0n) is 20.8. The number of unbranched alkanes of at least 4 members (excludes halogenated alkanes) is 1. The van der Waals surface area contributed by atoms with E-state index in [2.05, 4.69) is 47.7 Å². The van der Waals surface area contributed by atoms with Gasteiger partial charge in [0.25, 0.3) is 5.91 Å². The van der Waals surface area contributed by atoms with Gasteiger partial charge in [0, 0.05) is 55.4 Å². The summed E-state index contributed by atoms with van der Waals surface area (Å²) in [6.07, 6.45) is 5.45. The van der Waals surface area contributed by atoms with Crippen molar-refractivity contribution in [1.82, 2.24) is 9.47 Å². The summed E-state index contributed by atoms with van der Waals surface area (Å²) >= 11 is 0. The Labute approximate surface area is 206 Å². The average molecular weight is 472 g/mol. The molecule has 0 aliphatic rings. The number of primary amides is 1. The standard InChI is InChI=1S/C28H33N5O2/c1-4-33(12-6-5-7-21-19-32(3)25-10-8-20(18-29)15-24(21)25)14-13-31(2)23-9-11-26-22(16-23)17-27(35-26)28(30)34/h8-11,15-17,19H,4-7,12-14H2,1-3H3,(H2,30,34). The van der Waals surface area contributed by atoms with Crippen molar-refractivity contribution in [3.63, 3.8) is 0 Å². The minimum Gasteiger partial charge on any atom is -0.451 e. The third-order valence-electron chi connectivity index (χ3n) is 6.75. The predicted octanol–water partition coefficient (Wildman–Crippen LogP) is 4.68. The lowest BCUT2D eigenvalue weighted by Gasteiger charge is -2.25. The van der Waals surface area contributed by atoms with E-state index < -0.39 is 5.91 Å². The maximum Gasteiger partial charge on any atom is 0.284 e. The van der Waals surface area contributed by atoms with Crippen LogP contribution in [-0.2, 0) is 13.5 Å². The van der Waals surface area contributed by atoms with Crippen LogP contribution in [0.3, 0.4) is 0 Å². The molecule has 0 saturated carbocycles. The van der Waals surface area contributed by atoms with Gasteiger partial charge in [-0.25, -0.2) is 0 Å². The monoisotopic (exact) mass is 471 g/mol. The van der Waals surface area contributed by atoms with Gasteiger partial charge in [-0.05, 0) is 80.4 Å². The summed E-state index contributed by atoms with van der Waals surface area (Å²) in [6, 6.07) is 15.8. The Morgan fingerprint density at radius 1 is 1.11 bits per heavy atom. The molecule has 2 aromatic heterocycles. The van der Waals surface area contributed by atoms with Crippen molar-refractivity contribution < 1.29 is 9.21 Å². The van der Waals surface area contributed by atoms with Crippen molar-refractivity contribution in [3.05, 3.63) is 65.5 Å². The first-order valence-corrected chi connectivity index (χ1v) is 12.1. The van der Waals surface area contributed by atoms with E-state index in [-0.39, 0.29) is 5.76 Å². The molecule has 2 N–H and O–H groups in total. The topological polar surface area (TPSA) is 91.4 Å². The predicted molar refractivity (Wildman–Crippen MR) is 141 cm³/mol. The van der Waals surface area contributed by atoms with Crippen molar-refractivity contribution in [2.24, 2.45) is 12.8 Å². The molecule has 0 fully saturated rings. The number of anilines is 1. The number of likely N-dealkylation sites (N-methyl/N-ethyl adjacent to an activating group) is 2. The maximum absolute atomic E-state index is 11.4. The van der Waals surface area contributed by atoms with E-state index in [9.17, 15) is 10.1 Å². The molecule has 1 amide bonds. The average Bonchev–Trinajstić information content (AvgIpc) is 3.43. The first kappa shape index (κ1) is 24.4. The van der Waals surface area contributed by atoms with Gasteiger partial charge in [0.15, 0.2) is 5.76 Å². The fourth-order valence-electron chi connectivity index (χ4n) is 4.63. The smallest absolute Gasteiger partial charge is 0.284 e. The number of furan rings is 1. The van der Waals surface area contributed by atoms with Crippen molar-refractivity contribution >= 4 is 33.5 Å². The summed E-state index contributed by atoms with van der Waals surface area (Å²) in [7, 11) is 4.15. The van der Waals surface area contributed by atoms with Gasteiger partial charge in [-0.2, -0.15) is 5.26 Å². The number of nitriles is 1. The lowest BCUT2D eigenvalue weighted by Crippen LogP contribution is -2.33. The van der Waals surface area contributed by atoms with Gasteiger partial charge in [0.05, 0.1) is 11.6 Å². The summed E-state index contributed by atoms with van der Waals surface area (Å²) in [5, 5.41) is 11.3. The number of hydrogen-bond acceptors (Lipinski definition) is 5. The third-order valence-corrected chi connectivity index (χ3v) is 6.75. The lowest BCUT2D eigenvalue weighted by molar-refractivity contribution is 0.0976. The van der Waals surface area contributed by atoms with Crippen molar-refractivity contribution in [2.75, 3.05) is 38.1 Å². The summed E-state index contributed by atoms with van der Waals surface area (Å²) < 4.78 is 7.63. The van der Waals surface area contributed by atoms with Crippen LogP contribution in [0.1, 0.15) is 41.4 Å². The number of hydrogen-bond donors (Lipinski definition) is 1. The van der Waals surface area contributed by atoms with E-state index in [0.29, 0.717) is 11.1 Å². The molecule has 7 nitrogen and oxygen atoms in total. The Morgan fingerprint density at radius 2 is 1.94 bits per heavy atom. The van der Waals surface area contributed by atoms with Crippen LogP contribution < -0.4 is 10.6 Å². The highest BCUT2D eigenvalue weighted by Crippen LogP contribution is 2.25. The van der Waals surface area contributed by atoms with Gasteiger partial charge in [-0.1, -0.05) is 6.92 Å². The van der Waals surface area contributed by atoms with Crippen LogP contribution in [0.15, 0.2) is 53.1 Å². The minimum atomic E-state index is -0.554. The number of fused-ring (bicyclic) bond motifs is 2. The highest BCUT2D eigenvalue weighted by Gasteiger charge is 2.12. The molecule has 0 saturated heterocycles. The second-order valence-electron chi connectivity index (χ2n) is 9.12. The zero-order valence-corrected chi connectivity index (χ0v) is 20.8. The van der Waals surface area contributed by atoms with Gasteiger partial charge >= 0.3 is 0 Å². The fourth-order valence-corrected chi connectivity index (χ4v) is 4.63. The van der Waals surface area contributed by atoms with Gasteiger partial charge in [-0.3, -0.25) is 4.79 Å². The number of rotatable bonds is 11. The Balaban J connectivity index is 1.28. The first-order chi connectivity index (χ1) is 16.9.